The van der Waals surface area contributed by atoms with E-state index < -0.39 is 5.60 Å². The summed E-state index contributed by atoms with van der Waals surface area (Å²) in [5.41, 5.74) is -0.956. The summed E-state index contributed by atoms with van der Waals surface area (Å²) in [6.07, 6.45) is 6.44. The van der Waals surface area contributed by atoms with Gasteiger partial charge in [-0.3, -0.25) is 0 Å². The zero-order chi connectivity index (χ0) is 11.7. The van der Waals surface area contributed by atoms with Gasteiger partial charge in [0.2, 0.25) is 0 Å². The molecule has 0 radical (unpaired) electrons. The number of aliphatic hydroxyl groups is 1. The van der Waals surface area contributed by atoms with E-state index in [0.29, 0.717) is 24.8 Å². The van der Waals surface area contributed by atoms with Crippen LogP contribution in [0.4, 0.5) is 0 Å². The first-order valence-corrected chi connectivity index (χ1v) is 6.55. The van der Waals surface area contributed by atoms with Crippen molar-refractivity contribution in [3.8, 4) is 0 Å². The number of rotatable bonds is 2. The van der Waals surface area contributed by atoms with E-state index in [1.165, 1.54) is 12.8 Å². The number of piperidine rings is 1. The maximum absolute atomic E-state index is 10.4. The van der Waals surface area contributed by atoms with E-state index in [1.54, 1.807) is 0 Å². The summed E-state index contributed by atoms with van der Waals surface area (Å²) in [7, 11) is 0. The molecule has 17 heavy (non-hydrogen) atoms. The topological polar surface area (TPSA) is 71.2 Å². The van der Waals surface area contributed by atoms with E-state index in [2.05, 4.69) is 15.5 Å². The van der Waals surface area contributed by atoms with Crippen LogP contribution >= 0.6 is 0 Å². The quantitative estimate of drug-likeness (QED) is 0.811. The molecular weight excluding hydrogens is 218 g/mol. The van der Waals surface area contributed by atoms with Crippen molar-refractivity contribution in [2.75, 3.05) is 13.1 Å². The lowest BCUT2D eigenvalue weighted by molar-refractivity contribution is -0.0167. The van der Waals surface area contributed by atoms with Gasteiger partial charge in [0, 0.05) is 12.5 Å². The first-order valence-electron chi connectivity index (χ1n) is 6.55. The maximum Gasteiger partial charge on any atom is 0.259 e. The zero-order valence-electron chi connectivity index (χ0n) is 9.98. The predicted octanol–water partition coefficient (Wildman–Crippen LogP) is 1.30. The molecule has 5 heteroatoms. The van der Waals surface area contributed by atoms with Gasteiger partial charge in [-0.05, 0) is 32.2 Å². The van der Waals surface area contributed by atoms with E-state index in [9.17, 15) is 5.11 Å². The van der Waals surface area contributed by atoms with Crippen molar-refractivity contribution in [1.29, 1.82) is 0 Å². The first kappa shape index (κ1) is 11.2. The van der Waals surface area contributed by atoms with Crippen molar-refractivity contribution in [3.63, 3.8) is 0 Å². The molecule has 0 amide bonds. The minimum absolute atomic E-state index is 0.395. The minimum Gasteiger partial charge on any atom is -0.379 e. The lowest BCUT2D eigenvalue weighted by atomic mass is 9.94. The Kier molecular flexibility index (Phi) is 2.88. The Hall–Kier alpha value is -0.940. The van der Waals surface area contributed by atoms with E-state index in [-0.39, 0.29) is 0 Å². The summed E-state index contributed by atoms with van der Waals surface area (Å²) >= 11 is 0. The molecule has 0 spiro atoms. The van der Waals surface area contributed by atoms with Crippen LogP contribution in [0.5, 0.6) is 0 Å². The Bertz CT molecular complexity index is 379. The highest BCUT2D eigenvalue weighted by Crippen LogP contribution is 2.34. The summed E-state index contributed by atoms with van der Waals surface area (Å²) in [5.74, 6) is 1.62. The maximum atomic E-state index is 10.4. The summed E-state index contributed by atoms with van der Waals surface area (Å²) in [6.45, 7) is 1.46. The predicted molar refractivity (Wildman–Crippen MR) is 61.5 cm³/mol. The molecule has 2 aliphatic rings. The van der Waals surface area contributed by atoms with Crippen LogP contribution in [0.15, 0.2) is 4.52 Å². The molecule has 1 aliphatic heterocycles. The first-order chi connectivity index (χ1) is 8.28. The number of aromatic nitrogens is 2. The molecule has 1 saturated heterocycles. The zero-order valence-corrected chi connectivity index (χ0v) is 9.98. The average molecular weight is 237 g/mol. The van der Waals surface area contributed by atoms with E-state index in [4.69, 9.17) is 4.52 Å². The summed E-state index contributed by atoms with van der Waals surface area (Å²) < 4.78 is 5.27. The molecular formula is C12H19N3O2. The molecule has 5 nitrogen and oxygen atoms in total. The number of hydrogen-bond acceptors (Lipinski definition) is 5. The highest BCUT2D eigenvalue weighted by molar-refractivity contribution is 5.05. The van der Waals surface area contributed by atoms with Gasteiger partial charge in [-0.15, -0.1) is 0 Å². The van der Waals surface area contributed by atoms with Crippen LogP contribution in [0.3, 0.4) is 0 Å². The van der Waals surface area contributed by atoms with Crippen LogP contribution < -0.4 is 5.32 Å². The fourth-order valence-corrected chi connectivity index (χ4v) is 2.85. The average Bonchev–Trinajstić information content (AvgIpc) is 3.01. The van der Waals surface area contributed by atoms with Gasteiger partial charge in [0.1, 0.15) is 0 Å². The second-order valence-corrected chi connectivity index (χ2v) is 5.25. The molecule has 1 atom stereocenters. The Balaban J connectivity index is 1.78. The monoisotopic (exact) mass is 237 g/mol. The summed E-state index contributed by atoms with van der Waals surface area (Å²) in [6, 6.07) is 0. The van der Waals surface area contributed by atoms with E-state index >= 15 is 0 Å². The van der Waals surface area contributed by atoms with Gasteiger partial charge < -0.3 is 14.9 Å². The van der Waals surface area contributed by atoms with Gasteiger partial charge >= 0.3 is 0 Å². The normalized spacial score (nSPS) is 30.9. The molecule has 1 aromatic heterocycles. The van der Waals surface area contributed by atoms with Gasteiger partial charge in [0.05, 0.1) is 0 Å². The molecule has 1 unspecified atom stereocenters. The molecule has 1 aromatic rings. The van der Waals surface area contributed by atoms with Crippen molar-refractivity contribution < 1.29 is 9.63 Å². The Morgan fingerprint density at radius 1 is 1.29 bits per heavy atom. The molecule has 2 N–H and O–H groups in total. The third kappa shape index (κ3) is 2.09. The fourth-order valence-electron chi connectivity index (χ4n) is 2.85. The van der Waals surface area contributed by atoms with Gasteiger partial charge in [0.15, 0.2) is 11.4 Å². The van der Waals surface area contributed by atoms with Crippen LogP contribution in [0, 0.1) is 0 Å². The van der Waals surface area contributed by atoms with Crippen molar-refractivity contribution in [1.82, 2.24) is 15.5 Å². The van der Waals surface area contributed by atoms with Crippen LogP contribution in [0.1, 0.15) is 56.2 Å². The Morgan fingerprint density at radius 3 is 2.82 bits per heavy atom. The third-order valence-corrected chi connectivity index (χ3v) is 3.92. The van der Waals surface area contributed by atoms with Crippen LogP contribution in [-0.4, -0.2) is 28.3 Å². The molecule has 3 rings (SSSR count). The van der Waals surface area contributed by atoms with Crippen molar-refractivity contribution >= 4 is 0 Å². The second kappa shape index (κ2) is 4.38. The molecule has 1 aliphatic carbocycles. The van der Waals surface area contributed by atoms with Crippen molar-refractivity contribution in [2.45, 2.75) is 50.0 Å². The van der Waals surface area contributed by atoms with Crippen molar-refractivity contribution in [3.05, 3.63) is 11.7 Å². The van der Waals surface area contributed by atoms with Crippen molar-refractivity contribution in [2.24, 2.45) is 0 Å². The molecule has 1 saturated carbocycles. The van der Waals surface area contributed by atoms with Crippen LogP contribution in [-0.2, 0) is 5.60 Å². The molecule has 0 aromatic carbocycles. The summed E-state index contributed by atoms with van der Waals surface area (Å²) in [4.78, 5) is 4.42. The third-order valence-electron chi connectivity index (χ3n) is 3.92. The Labute approximate surface area is 101 Å². The fraction of sp³-hybridized carbons (Fsp3) is 0.833. The SMILES string of the molecule is OC1(c2nc(C3CCCC3)no2)CCCNC1. The highest BCUT2D eigenvalue weighted by Gasteiger charge is 2.37. The minimum atomic E-state index is -0.956. The number of β-amino-alcohol motifs (C(OH)–C–C–N with tert-alkyl or cyclic N) is 1. The van der Waals surface area contributed by atoms with Crippen LogP contribution in [0.25, 0.3) is 0 Å². The van der Waals surface area contributed by atoms with Gasteiger partial charge in [-0.25, -0.2) is 0 Å². The van der Waals surface area contributed by atoms with Gasteiger partial charge in [0.25, 0.3) is 5.89 Å². The smallest absolute Gasteiger partial charge is 0.259 e. The van der Waals surface area contributed by atoms with Crippen LogP contribution in [0.2, 0.25) is 0 Å². The molecule has 0 bridgehead atoms. The lowest BCUT2D eigenvalue weighted by Gasteiger charge is -2.28. The lowest BCUT2D eigenvalue weighted by Crippen LogP contribution is -2.43. The summed E-state index contributed by atoms with van der Waals surface area (Å²) in [5, 5.41) is 17.7. The van der Waals surface area contributed by atoms with E-state index in [0.717, 1.165) is 31.6 Å². The standard InChI is InChI=1S/C12H19N3O2/c16-12(6-3-7-13-8-12)11-14-10(15-17-11)9-4-1-2-5-9/h9,13,16H,1-8H2. The van der Waals surface area contributed by atoms with Gasteiger partial charge in [-0.2, -0.15) is 4.98 Å². The number of nitrogens with zero attached hydrogens (tertiary/aromatic N) is 2. The Morgan fingerprint density at radius 2 is 2.12 bits per heavy atom. The molecule has 2 heterocycles. The second-order valence-electron chi connectivity index (χ2n) is 5.25. The molecule has 2 fully saturated rings. The largest absolute Gasteiger partial charge is 0.379 e. The highest BCUT2D eigenvalue weighted by atomic mass is 16.5. The molecule has 94 valence electrons. The van der Waals surface area contributed by atoms with E-state index in [1.807, 2.05) is 0 Å². The number of nitrogens with one attached hydrogen (secondary N) is 1. The van der Waals surface area contributed by atoms with Gasteiger partial charge in [-0.1, -0.05) is 18.0 Å². The number of hydrogen-bond donors (Lipinski definition) is 2.